The first kappa shape index (κ1) is 14.0. The molecule has 0 amide bonds. The normalized spacial score (nSPS) is 10.9. The molecule has 1 N–H and O–H groups in total. The highest BCUT2D eigenvalue weighted by atomic mass is 16.1. The molecule has 2 aromatic carbocycles. The number of benzene rings is 2. The van der Waals surface area contributed by atoms with Gasteiger partial charge in [-0.1, -0.05) is 42.5 Å². The molecule has 1 atom stereocenters. The highest BCUT2D eigenvalue weighted by molar-refractivity contribution is 5.86. The van der Waals surface area contributed by atoms with Crippen LogP contribution < -0.4 is 5.32 Å². The second-order valence-corrected chi connectivity index (χ2v) is 3.86. The number of fused-ring (bicyclic) bond motifs is 1. The molecule has 0 saturated carbocycles. The van der Waals surface area contributed by atoms with Crippen LogP contribution in [0.15, 0.2) is 42.5 Å². The first-order valence-corrected chi connectivity index (χ1v) is 5.79. The van der Waals surface area contributed by atoms with Crippen molar-refractivity contribution in [1.82, 2.24) is 5.32 Å². The number of rotatable bonds is 2. The summed E-state index contributed by atoms with van der Waals surface area (Å²) in [6, 6.07) is 15.4. The molecular weight excluding hydrogens is 222 g/mol. The first-order chi connectivity index (χ1) is 8.74. The number of aldehydes is 1. The first-order valence-electron chi connectivity index (χ1n) is 5.79. The molecule has 2 nitrogen and oxygen atoms in total. The van der Waals surface area contributed by atoms with Crippen LogP contribution in [0.1, 0.15) is 18.5 Å². The van der Waals surface area contributed by atoms with E-state index in [0.717, 1.165) is 0 Å². The molecular formula is C16H17NO. The molecule has 0 saturated heterocycles. The lowest BCUT2D eigenvalue weighted by Crippen LogP contribution is -2.12. The number of carbonyl (C=O) groups excluding carboxylic acids is 1. The standard InChI is InChI=1S/C13H15N.C3H2O/c1-10(14-2)12-9-5-7-11-6-3-4-8-13(11)12;1-2-3-4/h3-10,14H,1-2H3;1,3H. The van der Waals surface area contributed by atoms with E-state index in [-0.39, 0.29) is 0 Å². The van der Waals surface area contributed by atoms with E-state index >= 15 is 0 Å². The highest BCUT2D eigenvalue weighted by Crippen LogP contribution is 2.23. The van der Waals surface area contributed by atoms with Crippen LogP contribution >= 0.6 is 0 Å². The Balaban J connectivity index is 0.000000357. The summed E-state index contributed by atoms with van der Waals surface area (Å²) in [6.07, 6.45) is 4.81. The average Bonchev–Trinajstić information content (AvgIpc) is 2.46. The molecule has 0 aliphatic carbocycles. The third-order valence-corrected chi connectivity index (χ3v) is 2.79. The Labute approximate surface area is 108 Å². The maximum Gasteiger partial charge on any atom is 0.192 e. The lowest BCUT2D eigenvalue weighted by Gasteiger charge is -2.13. The minimum Gasteiger partial charge on any atom is -0.313 e. The van der Waals surface area contributed by atoms with Gasteiger partial charge in [-0.2, -0.15) is 0 Å². The van der Waals surface area contributed by atoms with Crippen molar-refractivity contribution in [3.63, 3.8) is 0 Å². The van der Waals surface area contributed by atoms with Gasteiger partial charge in [-0.25, -0.2) is 0 Å². The average molecular weight is 239 g/mol. The highest BCUT2D eigenvalue weighted by Gasteiger charge is 2.05. The largest absolute Gasteiger partial charge is 0.313 e. The zero-order valence-electron chi connectivity index (χ0n) is 10.7. The minimum atomic E-state index is 0.403. The molecule has 0 aromatic heterocycles. The van der Waals surface area contributed by atoms with Crippen molar-refractivity contribution in [3.05, 3.63) is 48.0 Å². The molecule has 18 heavy (non-hydrogen) atoms. The van der Waals surface area contributed by atoms with E-state index in [4.69, 9.17) is 4.79 Å². The van der Waals surface area contributed by atoms with Crippen molar-refractivity contribution in [2.75, 3.05) is 7.05 Å². The van der Waals surface area contributed by atoms with Gasteiger partial charge in [0.05, 0.1) is 0 Å². The van der Waals surface area contributed by atoms with Gasteiger partial charge in [-0.05, 0) is 36.2 Å². The predicted octanol–water partition coefficient (Wildman–Crippen LogP) is 2.94. The molecule has 1 unspecified atom stereocenters. The lowest BCUT2D eigenvalue weighted by molar-refractivity contribution is -0.103. The van der Waals surface area contributed by atoms with Gasteiger partial charge in [0.15, 0.2) is 6.29 Å². The smallest absolute Gasteiger partial charge is 0.192 e. The zero-order chi connectivity index (χ0) is 13.4. The van der Waals surface area contributed by atoms with E-state index in [9.17, 15) is 0 Å². The molecule has 2 aromatic rings. The van der Waals surface area contributed by atoms with Crippen molar-refractivity contribution in [3.8, 4) is 12.3 Å². The van der Waals surface area contributed by atoms with Gasteiger partial charge < -0.3 is 5.32 Å². The quantitative estimate of drug-likeness (QED) is 0.645. The van der Waals surface area contributed by atoms with Crippen LogP contribution in [0.5, 0.6) is 0 Å². The van der Waals surface area contributed by atoms with Crippen LogP contribution in [0.3, 0.4) is 0 Å². The van der Waals surface area contributed by atoms with E-state index in [1.165, 1.54) is 16.3 Å². The summed E-state index contributed by atoms with van der Waals surface area (Å²) in [5.74, 6) is 1.75. The summed E-state index contributed by atoms with van der Waals surface area (Å²) < 4.78 is 0. The number of hydrogen-bond donors (Lipinski definition) is 1. The Morgan fingerprint density at radius 2 is 1.83 bits per heavy atom. The Morgan fingerprint density at radius 1 is 1.22 bits per heavy atom. The van der Waals surface area contributed by atoms with Crippen molar-refractivity contribution < 1.29 is 4.79 Å². The van der Waals surface area contributed by atoms with E-state index in [1.54, 1.807) is 5.92 Å². The predicted molar refractivity (Wildman–Crippen MR) is 76.3 cm³/mol. The van der Waals surface area contributed by atoms with Crippen molar-refractivity contribution in [1.29, 1.82) is 0 Å². The molecule has 0 spiro atoms. The van der Waals surface area contributed by atoms with E-state index < -0.39 is 0 Å². The molecule has 0 aliphatic rings. The molecule has 92 valence electrons. The van der Waals surface area contributed by atoms with E-state index in [2.05, 4.69) is 61.1 Å². The third-order valence-electron chi connectivity index (χ3n) is 2.79. The Bertz CT molecular complexity index is 549. The van der Waals surface area contributed by atoms with Gasteiger partial charge in [-0.15, -0.1) is 6.42 Å². The maximum absolute atomic E-state index is 8.94. The van der Waals surface area contributed by atoms with Crippen LogP contribution in [-0.4, -0.2) is 13.3 Å². The second-order valence-electron chi connectivity index (χ2n) is 3.86. The fourth-order valence-electron chi connectivity index (χ4n) is 1.78. The monoisotopic (exact) mass is 239 g/mol. The molecule has 0 heterocycles. The summed E-state index contributed by atoms with van der Waals surface area (Å²) in [5, 5.41) is 5.93. The second kappa shape index (κ2) is 7.26. The van der Waals surface area contributed by atoms with Crippen LogP contribution in [0.2, 0.25) is 0 Å². The fraction of sp³-hybridized carbons (Fsp3) is 0.188. The minimum absolute atomic E-state index is 0.403. The SMILES string of the molecule is C#CC=O.CNC(C)c1cccc2ccccc12. The number of nitrogens with one attached hydrogen (secondary N) is 1. The Hall–Kier alpha value is -2.11. The fourth-order valence-corrected chi connectivity index (χ4v) is 1.78. The lowest BCUT2D eigenvalue weighted by atomic mass is 10.00. The summed E-state index contributed by atoms with van der Waals surface area (Å²) in [6.45, 7) is 2.18. The molecule has 0 radical (unpaired) electrons. The number of terminal acetylenes is 1. The number of carbonyl (C=O) groups is 1. The molecule has 2 heteroatoms. The van der Waals surface area contributed by atoms with Crippen LogP contribution in [0.25, 0.3) is 10.8 Å². The zero-order valence-corrected chi connectivity index (χ0v) is 10.7. The van der Waals surface area contributed by atoms with Gasteiger partial charge in [0, 0.05) is 6.04 Å². The van der Waals surface area contributed by atoms with Crippen LogP contribution in [0, 0.1) is 12.3 Å². The maximum atomic E-state index is 8.94. The van der Waals surface area contributed by atoms with Crippen LogP contribution in [0.4, 0.5) is 0 Å². The molecule has 0 fully saturated rings. The molecule has 0 bridgehead atoms. The van der Waals surface area contributed by atoms with Gasteiger partial charge in [0.1, 0.15) is 0 Å². The van der Waals surface area contributed by atoms with E-state index in [1.807, 2.05) is 7.05 Å². The summed E-state index contributed by atoms with van der Waals surface area (Å²) in [7, 11) is 1.99. The van der Waals surface area contributed by atoms with Gasteiger partial charge in [-0.3, -0.25) is 4.79 Å². The van der Waals surface area contributed by atoms with Gasteiger partial charge in [0.2, 0.25) is 0 Å². The van der Waals surface area contributed by atoms with E-state index in [0.29, 0.717) is 12.3 Å². The third kappa shape index (κ3) is 3.44. The van der Waals surface area contributed by atoms with Gasteiger partial charge >= 0.3 is 0 Å². The van der Waals surface area contributed by atoms with Crippen molar-refractivity contribution >= 4 is 17.1 Å². The topological polar surface area (TPSA) is 29.1 Å². The summed E-state index contributed by atoms with van der Waals surface area (Å²) in [5.41, 5.74) is 1.37. The van der Waals surface area contributed by atoms with Crippen molar-refractivity contribution in [2.45, 2.75) is 13.0 Å². The summed E-state index contributed by atoms with van der Waals surface area (Å²) in [4.78, 5) is 8.94. The Morgan fingerprint density at radius 3 is 2.44 bits per heavy atom. The number of hydrogen-bond acceptors (Lipinski definition) is 2. The molecule has 2 rings (SSSR count). The van der Waals surface area contributed by atoms with Crippen molar-refractivity contribution in [2.24, 2.45) is 0 Å². The summed E-state index contributed by atoms with van der Waals surface area (Å²) >= 11 is 0. The Kier molecular flexibility index (Phi) is 5.63. The van der Waals surface area contributed by atoms with Gasteiger partial charge in [0.25, 0.3) is 0 Å². The van der Waals surface area contributed by atoms with Crippen LogP contribution in [-0.2, 0) is 4.79 Å². The molecule has 0 aliphatic heterocycles.